The Hall–Kier alpha value is -2.43. The lowest BCUT2D eigenvalue weighted by molar-refractivity contribution is -0.385. The summed E-state index contributed by atoms with van der Waals surface area (Å²) >= 11 is 0. The largest absolute Gasteiger partial charge is 0.328 e. The highest BCUT2D eigenvalue weighted by molar-refractivity contribution is 5.65. The van der Waals surface area contributed by atoms with E-state index in [2.05, 4.69) is 4.98 Å². The second-order valence-electron chi connectivity index (χ2n) is 3.70. The van der Waals surface area contributed by atoms with Gasteiger partial charge in [-0.3, -0.25) is 14.9 Å². The number of hydrogen-bond acceptors (Lipinski definition) is 3. The van der Waals surface area contributed by atoms with Gasteiger partial charge in [0.1, 0.15) is 0 Å². The Morgan fingerprint density at radius 2 is 1.88 bits per heavy atom. The zero-order valence-electron chi connectivity index (χ0n) is 9.14. The summed E-state index contributed by atoms with van der Waals surface area (Å²) in [4.78, 5) is 23.7. The van der Waals surface area contributed by atoms with Gasteiger partial charge in [0.15, 0.2) is 0 Å². The first kappa shape index (κ1) is 11.1. The highest BCUT2D eigenvalue weighted by atomic mass is 16.6. The van der Waals surface area contributed by atoms with Gasteiger partial charge in [0, 0.05) is 23.9 Å². The van der Waals surface area contributed by atoms with E-state index in [-0.39, 0.29) is 11.2 Å². The molecule has 0 fully saturated rings. The lowest BCUT2D eigenvalue weighted by Gasteiger charge is -2.03. The Morgan fingerprint density at radius 3 is 2.41 bits per heavy atom. The van der Waals surface area contributed by atoms with E-state index in [4.69, 9.17) is 0 Å². The number of benzene rings is 1. The van der Waals surface area contributed by atoms with Crippen molar-refractivity contribution in [1.29, 1.82) is 0 Å². The lowest BCUT2D eigenvalue weighted by Crippen LogP contribution is -2.01. The molecular formula is C12H10N2O3. The molecule has 5 heteroatoms. The van der Waals surface area contributed by atoms with Crippen LogP contribution in [0.15, 0.2) is 41.3 Å². The van der Waals surface area contributed by atoms with Crippen molar-refractivity contribution in [2.24, 2.45) is 0 Å². The molecule has 0 saturated heterocycles. The van der Waals surface area contributed by atoms with Gasteiger partial charge in [-0.05, 0) is 36.2 Å². The molecule has 0 radical (unpaired) electrons. The molecule has 5 nitrogen and oxygen atoms in total. The number of nitro benzene ring substituents is 1. The number of nitrogens with zero attached hydrogens (tertiary/aromatic N) is 1. The number of H-pyrrole nitrogens is 1. The summed E-state index contributed by atoms with van der Waals surface area (Å²) in [5.41, 5.74) is 2.18. The molecule has 2 aromatic rings. The van der Waals surface area contributed by atoms with Crippen molar-refractivity contribution in [3.05, 3.63) is 62.6 Å². The summed E-state index contributed by atoms with van der Waals surface area (Å²) in [6, 6.07) is 7.96. The second kappa shape index (κ2) is 4.21. The predicted molar refractivity (Wildman–Crippen MR) is 63.9 cm³/mol. The predicted octanol–water partition coefficient (Wildman–Crippen LogP) is 2.26. The molecule has 1 heterocycles. The number of rotatable bonds is 2. The minimum absolute atomic E-state index is 0.0955. The molecule has 0 spiro atoms. The minimum Gasteiger partial charge on any atom is -0.328 e. The Kier molecular flexibility index (Phi) is 2.74. The summed E-state index contributed by atoms with van der Waals surface area (Å²) in [6.07, 6.45) is 1.59. The molecule has 0 atom stereocenters. The van der Waals surface area contributed by atoms with Crippen molar-refractivity contribution in [3.63, 3.8) is 0 Å². The van der Waals surface area contributed by atoms with E-state index in [9.17, 15) is 14.9 Å². The van der Waals surface area contributed by atoms with Gasteiger partial charge < -0.3 is 4.98 Å². The molecule has 0 amide bonds. The van der Waals surface area contributed by atoms with Crippen LogP contribution >= 0.6 is 0 Å². The average Bonchev–Trinajstić information content (AvgIpc) is 2.29. The molecule has 0 aliphatic rings. The van der Waals surface area contributed by atoms with Gasteiger partial charge in [-0.1, -0.05) is 0 Å². The fourth-order valence-corrected chi connectivity index (χ4v) is 1.63. The number of hydrogen-bond donors (Lipinski definition) is 1. The molecule has 0 bridgehead atoms. The second-order valence-corrected chi connectivity index (χ2v) is 3.70. The molecule has 1 aromatic heterocycles. The molecule has 86 valence electrons. The summed E-state index contributed by atoms with van der Waals surface area (Å²) in [6.45, 7) is 1.69. The zero-order chi connectivity index (χ0) is 12.4. The Morgan fingerprint density at radius 1 is 1.18 bits per heavy atom. The Labute approximate surface area is 96.9 Å². The molecule has 0 saturated carbocycles. The standard InChI is InChI=1S/C12H10N2O3/c1-8-6-9(2-4-11(8)14(16)17)10-3-5-12(15)13-7-10/h2-7H,1H3,(H,13,15). The molecule has 1 aromatic carbocycles. The average molecular weight is 230 g/mol. The number of nitrogens with one attached hydrogen (secondary N) is 1. The molecule has 2 rings (SSSR count). The van der Waals surface area contributed by atoms with Crippen molar-refractivity contribution in [1.82, 2.24) is 4.98 Å². The third-order valence-electron chi connectivity index (χ3n) is 2.51. The van der Waals surface area contributed by atoms with Crippen LogP contribution in [-0.2, 0) is 0 Å². The van der Waals surface area contributed by atoms with Crippen LogP contribution in [0.25, 0.3) is 11.1 Å². The Balaban J connectivity index is 2.48. The Bertz CT molecular complexity index is 611. The highest BCUT2D eigenvalue weighted by Gasteiger charge is 2.10. The summed E-state index contributed by atoms with van der Waals surface area (Å²) in [5.74, 6) is 0. The third kappa shape index (κ3) is 2.23. The molecule has 0 unspecified atom stereocenters. The highest BCUT2D eigenvalue weighted by Crippen LogP contribution is 2.24. The molecular weight excluding hydrogens is 220 g/mol. The van der Waals surface area contributed by atoms with E-state index in [1.807, 2.05) is 0 Å². The van der Waals surface area contributed by atoms with Gasteiger partial charge in [-0.25, -0.2) is 0 Å². The lowest BCUT2D eigenvalue weighted by atomic mass is 10.0. The van der Waals surface area contributed by atoms with Crippen molar-refractivity contribution in [2.45, 2.75) is 6.92 Å². The molecule has 0 aliphatic heterocycles. The normalized spacial score (nSPS) is 10.2. The van der Waals surface area contributed by atoms with Crippen LogP contribution < -0.4 is 5.56 Å². The van der Waals surface area contributed by atoms with E-state index >= 15 is 0 Å². The molecule has 0 aliphatic carbocycles. The van der Waals surface area contributed by atoms with Crippen LogP contribution in [0.4, 0.5) is 5.69 Å². The van der Waals surface area contributed by atoms with E-state index in [1.165, 1.54) is 12.1 Å². The van der Waals surface area contributed by atoms with Crippen LogP contribution in [0.2, 0.25) is 0 Å². The summed E-state index contributed by atoms with van der Waals surface area (Å²) in [7, 11) is 0. The van der Waals surface area contributed by atoms with Crippen LogP contribution in [0, 0.1) is 17.0 Å². The maximum absolute atomic E-state index is 10.9. The molecule has 1 N–H and O–H groups in total. The van der Waals surface area contributed by atoms with E-state index in [0.29, 0.717) is 5.56 Å². The molecule has 17 heavy (non-hydrogen) atoms. The summed E-state index contributed by atoms with van der Waals surface area (Å²) < 4.78 is 0. The monoisotopic (exact) mass is 230 g/mol. The smallest absolute Gasteiger partial charge is 0.272 e. The maximum Gasteiger partial charge on any atom is 0.272 e. The van der Waals surface area contributed by atoms with Crippen molar-refractivity contribution < 1.29 is 4.92 Å². The minimum atomic E-state index is -0.411. The number of pyridine rings is 1. The first-order chi connectivity index (χ1) is 8.08. The van der Waals surface area contributed by atoms with Crippen LogP contribution in [-0.4, -0.2) is 9.91 Å². The number of nitro groups is 1. The number of aryl methyl sites for hydroxylation is 1. The van der Waals surface area contributed by atoms with E-state index in [0.717, 1.165) is 11.1 Å². The van der Waals surface area contributed by atoms with Crippen molar-refractivity contribution in [2.75, 3.05) is 0 Å². The zero-order valence-corrected chi connectivity index (χ0v) is 9.14. The van der Waals surface area contributed by atoms with Gasteiger partial charge in [0.05, 0.1) is 4.92 Å². The van der Waals surface area contributed by atoms with Gasteiger partial charge in [-0.15, -0.1) is 0 Å². The summed E-state index contributed by atoms with van der Waals surface area (Å²) in [5, 5.41) is 10.7. The van der Waals surface area contributed by atoms with Gasteiger partial charge in [-0.2, -0.15) is 0 Å². The maximum atomic E-state index is 10.9. The SMILES string of the molecule is Cc1cc(-c2ccc(=O)[nH]c2)ccc1[N+](=O)[O-]. The van der Waals surface area contributed by atoms with Gasteiger partial charge in [0.25, 0.3) is 5.69 Å². The van der Waals surface area contributed by atoms with Crippen LogP contribution in [0.5, 0.6) is 0 Å². The van der Waals surface area contributed by atoms with Crippen molar-refractivity contribution in [3.8, 4) is 11.1 Å². The van der Waals surface area contributed by atoms with E-state index in [1.54, 1.807) is 31.3 Å². The topological polar surface area (TPSA) is 76.0 Å². The third-order valence-corrected chi connectivity index (χ3v) is 2.51. The number of aromatic amines is 1. The first-order valence-corrected chi connectivity index (χ1v) is 5.02. The quantitative estimate of drug-likeness (QED) is 0.635. The first-order valence-electron chi connectivity index (χ1n) is 5.02. The van der Waals surface area contributed by atoms with Gasteiger partial charge in [0.2, 0.25) is 5.56 Å². The van der Waals surface area contributed by atoms with Crippen LogP contribution in [0.3, 0.4) is 0 Å². The van der Waals surface area contributed by atoms with E-state index < -0.39 is 4.92 Å². The van der Waals surface area contributed by atoms with Crippen molar-refractivity contribution >= 4 is 5.69 Å². The fraction of sp³-hybridized carbons (Fsp3) is 0.0833. The van der Waals surface area contributed by atoms with Crippen LogP contribution in [0.1, 0.15) is 5.56 Å². The van der Waals surface area contributed by atoms with Gasteiger partial charge >= 0.3 is 0 Å². The fourth-order valence-electron chi connectivity index (χ4n) is 1.63. The number of aromatic nitrogens is 1.